The molecular formula is C24H17ClO6. The number of rotatable bonds is 6. The van der Waals surface area contributed by atoms with Crippen molar-refractivity contribution in [3.63, 3.8) is 0 Å². The van der Waals surface area contributed by atoms with Crippen LogP contribution in [0.4, 0.5) is 0 Å². The smallest absolute Gasteiger partial charge is 0.343 e. The number of ether oxygens (including phenoxy) is 4. The van der Waals surface area contributed by atoms with E-state index in [1.807, 2.05) is 0 Å². The lowest BCUT2D eigenvalue weighted by atomic mass is 10.1. The highest BCUT2D eigenvalue weighted by Gasteiger charge is 2.18. The molecule has 0 saturated carbocycles. The molecular weight excluding hydrogens is 420 g/mol. The molecule has 1 aliphatic heterocycles. The van der Waals surface area contributed by atoms with E-state index >= 15 is 0 Å². The lowest BCUT2D eigenvalue weighted by molar-refractivity contribution is 0.0729. The number of benzene rings is 3. The Morgan fingerprint density at radius 3 is 2.42 bits per heavy atom. The molecule has 31 heavy (non-hydrogen) atoms. The van der Waals surface area contributed by atoms with Crippen LogP contribution in [0, 0.1) is 0 Å². The molecule has 3 aromatic carbocycles. The molecule has 156 valence electrons. The van der Waals surface area contributed by atoms with Gasteiger partial charge in [-0.2, -0.15) is 0 Å². The second kappa shape index (κ2) is 8.93. The van der Waals surface area contributed by atoms with E-state index < -0.39 is 5.97 Å². The first kappa shape index (κ1) is 20.5. The maximum atomic E-state index is 12.5. The molecule has 6 nitrogen and oxygen atoms in total. The van der Waals surface area contributed by atoms with E-state index in [0.717, 1.165) is 0 Å². The summed E-state index contributed by atoms with van der Waals surface area (Å²) in [6.45, 7) is 0.122. The van der Waals surface area contributed by atoms with E-state index in [9.17, 15) is 9.59 Å². The summed E-state index contributed by atoms with van der Waals surface area (Å²) in [6.07, 6.45) is 3.11. The van der Waals surface area contributed by atoms with Gasteiger partial charge in [0.05, 0.1) is 12.7 Å². The van der Waals surface area contributed by atoms with Gasteiger partial charge in [-0.15, -0.1) is 0 Å². The van der Waals surface area contributed by atoms with Gasteiger partial charge in [0.2, 0.25) is 6.79 Å². The highest BCUT2D eigenvalue weighted by Crippen LogP contribution is 2.34. The Morgan fingerprint density at radius 2 is 1.65 bits per heavy atom. The van der Waals surface area contributed by atoms with Crippen LogP contribution in [0.5, 0.6) is 23.0 Å². The Morgan fingerprint density at radius 1 is 0.903 bits per heavy atom. The third-order valence-corrected chi connectivity index (χ3v) is 4.81. The van der Waals surface area contributed by atoms with Crippen LogP contribution < -0.4 is 18.9 Å². The van der Waals surface area contributed by atoms with E-state index in [-0.39, 0.29) is 18.3 Å². The second-order valence-electron chi connectivity index (χ2n) is 6.57. The molecule has 3 aromatic rings. The first-order valence-corrected chi connectivity index (χ1v) is 9.69. The zero-order chi connectivity index (χ0) is 21.8. The summed E-state index contributed by atoms with van der Waals surface area (Å²) in [5, 5.41) is 0.566. The predicted octanol–water partition coefficient (Wildman–Crippen LogP) is 5.19. The Labute approximate surface area is 183 Å². The van der Waals surface area contributed by atoms with Crippen molar-refractivity contribution in [1.82, 2.24) is 0 Å². The fourth-order valence-electron chi connectivity index (χ4n) is 2.94. The number of ketones is 1. The highest BCUT2D eigenvalue weighted by atomic mass is 35.5. The summed E-state index contributed by atoms with van der Waals surface area (Å²) in [6, 6.07) is 16.5. The van der Waals surface area contributed by atoms with Crippen molar-refractivity contribution in [2.45, 2.75) is 0 Å². The van der Waals surface area contributed by atoms with Crippen molar-refractivity contribution in [3.8, 4) is 23.0 Å². The van der Waals surface area contributed by atoms with Gasteiger partial charge in [-0.1, -0.05) is 23.7 Å². The lowest BCUT2D eigenvalue weighted by Crippen LogP contribution is -2.09. The van der Waals surface area contributed by atoms with Crippen LogP contribution in [0.3, 0.4) is 0 Å². The third kappa shape index (κ3) is 4.70. The summed E-state index contributed by atoms with van der Waals surface area (Å²) >= 11 is 5.85. The first-order chi connectivity index (χ1) is 15.0. The fraction of sp³-hybridized carbons (Fsp3) is 0.0833. The highest BCUT2D eigenvalue weighted by molar-refractivity contribution is 6.30. The van der Waals surface area contributed by atoms with Crippen molar-refractivity contribution in [2.24, 2.45) is 0 Å². The minimum atomic E-state index is -0.558. The minimum Gasteiger partial charge on any atom is -0.493 e. The van der Waals surface area contributed by atoms with E-state index in [1.54, 1.807) is 66.7 Å². The van der Waals surface area contributed by atoms with Gasteiger partial charge in [-0.3, -0.25) is 4.79 Å². The van der Waals surface area contributed by atoms with E-state index in [1.165, 1.54) is 13.2 Å². The molecule has 0 unspecified atom stereocenters. The molecule has 0 saturated heterocycles. The molecule has 0 fully saturated rings. The number of halogens is 1. The second-order valence-corrected chi connectivity index (χ2v) is 7.01. The zero-order valence-electron chi connectivity index (χ0n) is 16.5. The van der Waals surface area contributed by atoms with Crippen molar-refractivity contribution in [1.29, 1.82) is 0 Å². The Kier molecular flexibility index (Phi) is 5.91. The number of carbonyl (C=O) groups is 2. The average Bonchev–Trinajstić information content (AvgIpc) is 3.26. The van der Waals surface area contributed by atoms with Gasteiger partial charge in [0.15, 0.2) is 28.8 Å². The van der Waals surface area contributed by atoms with Crippen LogP contribution >= 0.6 is 11.6 Å². The number of hydrogen-bond donors (Lipinski definition) is 0. The molecule has 0 spiro atoms. The topological polar surface area (TPSA) is 71.1 Å². The number of methoxy groups -OCH3 is 1. The zero-order valence-corrected chi connectivity index (χ0v) is 17.2. The Bertz CT molecular complexity index is 1170. The van der Waals surface area contributed by atoms with Gasteiger partial charge < -0.3 is 18.9 Å². The molecule has 7 heteroatoms. The van der Waals surface area contributed by atoms with Gasteiger partial charge >= 0.3 is 5.97 Å². The van der Waals surface area contributed by atoms with E-state index in [2.05, 4.69) is 0 Å². The summed E-state index contributed by atoms with van der Waals surface area (Å²) in [4.78, 5) is 24.8. The van der Waals surface area contributed by atoms with Crippen LogP contribution in [-0.2, 0) is 0 Å². The van der Waals surface area contributed by atoms with E-state index in [0.29, 0.717) is 39.0 Å². The van der Waals surface area contributed by atoms with Crippen molar-refractivity contribution >= 4 is 29.4 Å². The molecule has 0 atom stereocenters. The normalized spacial score (nSPS) is 12.1. The van der Waals surface area contributed by atoms with Gasteiger partial charge in [-0.25, -0.2) is 4.79 Å². The molecule has 1 aliphatic rings. The van der Waals surface area contributed by atoms with Crippen LogP contribution in [0.25, 0.3) is 6.08 Å². The van der Waals surface area contributed by atoms with Crippen LogP contribution in [0.2, 0.25) is 5.02 Å². The molecule has 0 aromatic heterocycles. The standard InChI is InChI=1S/C24H17ClO6/c1-28-22-12-15(2-9-19(26)16-4-7-18(25)8-5-16)3-10-21(22)31-24(27)17-6-11-20-23(13-17)30-14-29-20/h2-13H,14H2,1H3. The molecule has 1 heterocycles. The number of hydrogen-bond acceptors (Lipinski definition) is 6. The number of carbonyl (C=O) groups excluding carboxylic acids is 2. The summed E-state index contributed by atoms with van der Waals surface area (Å²) in [5.41, 5.74) is 1.56. The van der Waals surface area contributed by atoms with Gasteiger partial charge in [0.1, 0.15) is 0 Å². The number of allylic oxidation sites excluding steroid dienone is 1. The van der Waals surface area contributed by atoms with Gasteiger partial charge in [-0.05, 0) is 66.2 Å². The number of esters is 1. The summed E-state index contributed by atoms with van der Waals surface area (Å²) in [5.74, 6) is 0.971. The maximum Gasteiger partial charge on any atom is 0.343 e. The van der Waals surface area contributed by atoms with Crippen molar-refractivity contribution in [2.75, 3.05) is 13.9 Å². The monoisotopic (exact) mass is 436 g/mol. The van der Waals surface area contributed by atoms with Crippen LogP contribution in [0.15, 0.2) is 66.7 Å². The minimum absolute atomic E-state index is 0.122. The molecule has 0 N–H and O–H groups in total. The SMILES string of the molecule is COc1cc(C=CC(=O)c2ccc(Cl)cc2)ccc1OC(=O)c1ccc2c(c1)OCO2. The average molecular weight is 437 g/mol. The molecule has 0 radical (unpaired) electrons. The Balaban J connectivity index is 1.48. The summed E-state index contributed by atoms with van der Waals surface area (Å²) < 4.78 is 21.4. The molecule has 0 amide bonds. The largest absolute Gasteiger partial charge is 0.493 e. The molecule has 4 rings (SSSR count). The van der Waals surface area contributed by atoms with E-state index in [4.69, 9.17) is 30.5 Å². The Hall–Kier alpha value is -3.77. The van der Waals surface area contributed by atoms with Crippen LogP contribution in [-0.4, -0.2) is 25.7 Å². The first-order valence-electron chi connectivity index (χ1n) is 9.31. The van der Waals surface area contributed by atoms with Crippen molar-refractivity contribution < 1.29 is 28.5 Å². The predicted molar refractivity (Wildman–Crippen MR) is 115 cm³/mol. The molecule has 0 aliphatic carbocycles. The number of fused-ring (bicyclic) bond motifs is 1. The quantitative estimate of drug-likeness (QED) is 0.229. The van der Waals surface area contributed by atoms with Gasteiger partial charge in [0.25, 0.3) is 0 Å². The fourth-order valence-corrected chi connectivity index (χ4v) is 3.06. The van der Waals surface area contributed by atoms with Crippen LogP contribution in [0.1, 0.15) is 26.3 Å². The maximum absolute atomic E-state index is 12.5. The van der Waals surface area contributed by atoms with Crippen molar-refractivity contribution in [3.05, 3.63) is 88.5 Å². The lowest BCUT2D eigenvalue weighted by Gasteiger charge is -2.10. The molecule has 0 bridgehead atoms. The summed E-state index contributed by atoms with van der Waals surface area (Å²) in [7, 11) is 1.47. The third-order valence-electron chi connectivity index (χ3n) is 4.55. The van der Waals surface area contributed by atoms with Gasteiger partial charge in [0, 0.05) is 10.6 Å².